The minimum Gasteiger partial charge on any atom is -0.370 e. The summed E-state index contributed by atoms with van der Waals surface area (Å²) in [5, 5.41) is 1.69. The Morgan fingerprint density at radius 2 is 2.07 bits per heavy atom. The highest BCUT2D eigenvalue weighted by Crippen LogP contribution is 2.57. The Morgan fingerprint density at radius 1 is 1.24 bits per heavy atom. The van der Waals surface area contributed by atoms with E-state index in [0.29, 0.717) is 31.0 Å². The minimum absolute atomic E-state index is 0.160. The van der Waals surface area contributed by atoms with Crippen LogP contribution in [-0.4, -0.2) is 21.4 Å². The minimum atomic E-state index is -0.343. The number of nitrogens with zero attached hydrogens (tertiary/aromatic N) is 3. The fourth-order valence-corrected chi connectivity index (χ4v) is 4.70. The molecule has 2 amide bonds. The van der Waals surface area contributed by atoms with Crippen molar-refractivity contribution >= 4 is 40.0 Å². The number of aryl methyl sites for hydroxylation is 1. The van der Waals surface area contributed by atoms with E-state index in [4.69, 9.17) is 17.3 Å². The number of fused-ring (bicyclic) bond motifs is 3. The van der Waals surface area contributed by atoms with E-state index < -0.39 is 0 Å². The van der Waals surface area contributed by atoms with Crippen molar-refractivity contribution in [3.8, 4) is 0 Å². The number of rotatable bonds is 6. The van der Waals surface area contributed by atoms with Crippen LogP contribution in [0.25, 0.3) is 10.9 Å². The number of anilines is 1. The fraction of sp³-hybridized carbons (Fsp3) is 0.318. The topological polar surface area (TPSA) is 81.2 Å². The number of carbonyl (C=O) groups is 2. The predicted molar refractivity (Wildman–Crippen MR) is 112 cm³/mol. The molecule has 1 saturated carbocycles. The van der Waals surface area contributed by atoms with Crippen LogP contribution in [0.3, 0.4) is 0 Å². The summed E-state index contributed by atoms with van der Waals surface area (Å²) in [5.41, 5.74) is 9.02. The van der Waals surface area contributed by atoms with E-state index in [1.807, 2.05) is 29.2 Å². The average molecular weight is 409 g/mol. The summed E-state index contributed by atoms with van der Waals surface area (Å²) in [6, 6.07) is 9.82. The molecule has 3 aromatic rings. The second-order valence-corrected chi connectivity index (χ2v) is 8.36. The van der Waals surface area contributed by atoms with E-state index in [1.165, 1.54) is 0 Å². The van der Waals surface area contributed by atoms with Gasteiger partial charge in [0, 0.05) is 40.8 Å². The summed E-state index contributed by atoms with van der Waals surface area (Å²) in [4.78, 5) is 30.5. The van der Waals surface area contributed by atoms with E-state index in [-0.39, 0.29) is 17.2 Å². The van der Waals surface area contributed by atoms with Crippen LogP contribution in [0.5, 0.6) is 0 Å². The molecule has 0 unspecified atom stereocenters. The van der Waals surface area contributed by atoms with Gasteiger partial charge in [-0.3, -0.25) is 14.6 Å². The number of benzene rings is 1. The van der Waals surface area contributed by atoms with Crippen LogP contribution in [0.1, 0.15) is 36.9 Å². The Balaban J connectivity index is 1.53. The number of carbonyl (C=O) groups excluding carboxylic acids is 2. The smallest absolute Gasteiger partial charge is 0.238 e. The third-order valence-electron chi connectivity index (χ3n) is 6.09. The van der Waals surface area contributed by atoms with Crippen LogP contribution in [0.2, 0.25) is 5.02 Å². The van der Waals surface area contributed by atoms with E-state index in [9.17, 15) is 9.59 Å². The van der Waals surface area contributed by atoms with Gasteiger partial charge in [0.25, 0.3) is 0 Å². The van der Waals surface area contributed by atoms with E-state index >= 15 is 0 Å². The summed E-state index contributed by atoms with van der Waals surface area (Å²) in [7, 11) is 0. The van der Waals surface area contributed by atoms with Gasteiger partial charge in [-0.15, -0.1) is 0 Å². The van der Waals surface area contributed by atoms with Crippen LogP contribution >= 0.6 is 11.6 Å². The molecule has 0 bridgehead atoms. The molecule has 0 saturated heterocycles. The number of hydrogen-bond acceptors (Lipinski definition) is 3. The molecule has 1 aliphatic carbocycles. The summed E-state index contributed by atoms with van der Waals surface area (Å²) in [6.07, 6.45) is 6.32. The molecular formula is C22H21ClN4O2. The zero-order chi connectivity index (χ0) is 20.2. The molecule has 2 aliphatic rings. The fourth-order valence-electron chi connectivity index (χ4n) is 4.52. The quantitative estimate of drug-likeness (QED) is 0.677. The van der Waals surface area contributed by atoms with Gasteiger partial charge in [0.05, 0.1) is 23.8 Å². The molecular weight excluding hydrogens is 388 g/mol. The van der Waals surface area contributed by atoms with Gasteiger partial charge in [0.2, 0.25) is 11.8 Å². The van der Waals surface area contributed by atoms with Gasteiger partial charge >= 0.3 is 0 Å². The third kappa shape index (κ3) is 2.90. The van der Waals surface area contributed by atoms with Crippen LogP contribution in [0.15, 0.2) is 42.7 Å². The molecule has 1 spiro atoms. The molecule has 1 aliphatic heterocycles. The second kappa shape index (κ2) is 6.59. The lowest BCUT2D eigenvalue weighted by Gasteiger charge is -2.19. The van der Waals surface area contributed by atoms with Gasteiger partial charge in [-0.2, -0.15) is 0 Å². The average Bonchev–Trinajstić information content (AvgIpc) is 3.39. The number of halogens is 1. The highest BCUT2D eigenvalue weighted by atomic mass is 35.5. The lowest BCUT2D eigenvalue weighted by atomic mass is 9.99. The molecule has 0 atom stereocenters. The summed E-state index contributed by atoms with van der Waals surface area (Å²) < 4.78 is 2.16. The van der Waals surface area contributed by atoms with E-state index in [2.05, 4.69) is 15.6 Å². The highest BCUT2D eigenvalue weighted by molar-refractivity contribution is 6.31. The van der Waals surface area contributed by atoms with Crippen molar-refractivity contribution in [3.05, 3.63) is 59.0 Å². The monoisotopic (exact) mass is 408 g/mol. The maximum Gasteiger partial charge on any atom is 0.238 e. The first-order valence-electron chi connectivity index (χ1n) is 9.82. The Bertz CT molecular complexity index is 1150. The van der Waals surface area contributed by atoms with Crippen molar-refractivity contribution in [2.75, 3.05) is 4.90 Å². The largest absolute Gasteiger partial charge is 0.370 e. The van der Waals surface area contributed by atoms with Crippen LogP contribution in [0.4, 0.5) is 5.69 Å². The molecule has 0 radical (unpaired) electrons. The van der Waals surface area contributed by atoms with Gasteiger partial charge in [-0.25, -0.2) is 0 Å². The highest BCUT2D eigenvalue weighted by Gasteiger charge is 2.59. The first-order valence-corrected chi connectivity index (χ1v) is 10.2. The van der Waals surface area contributed by atoms with Gasteiger partial charge in [-0.05, 0) is 55.2 Å². The maximum absolute atomic E-state index is 13.2. The lowest BCUT2D eigenvalue weighted by Crippen LogP contribution is -2.32. The number of hydrogen-bond donors (Lipinski definition) is 1. The van der Waals surface area contributed by atoms with E-state index in [1.54, 1.807) is 12.4 Å². The zero-order valence-electron chi connectivity index (χ0n) is 15.9. The predicted octanol–water partition coefficient (Wildman–Crippen LogP) is 3.53. The van der Waals surface area contributed by atoms with Crippen LogP contribution in [0, 0.1) is 0 Å². The van der Waals surface area contributed by atoms with Crippen molar-refractivity contribution in [1.82, 2.24) is 9.55 Å². The van der Waals surface area contributed by atoms with Gasteiger partial charge in [0.1, 0.15) is 0 Å². The van der Waals surface area contributed by atoms with Crippen LogP contribution in [-0.2, 0) is 28.1 Å². The molecule has 3 heterocycles. The lowest BCUT2D eigenvalue weighted by molar-refractivity contribution is -0.120. The van der Waals surface area contributed by atoms with Crippen molar-refractivity contribution in [2.45, 2.75) is 44.2 Å². The molecule has 6 nitrogen and oxygen atoms in total. The first-order chi connectivity index (χ1) is 14.0. The summed E-state index contributed by atoms with van der Waals surface area (Å²) in [5.74, 6) is -0.149. The Labute approximate surface area is 173 Å². The standard InChI is InChI=1S/C22H21ClN4O2/c23-15-3-4-18-14(10-15)11-16(26(18)9-1-2-20(24)28)13-27-19-12-25-8-5-17(19)22(6-7-22)21(27)29/h3-5,8,10-12H,1-2,6-7,9,13H2,(H2,24,28). The van der Waals surface area contributed by atoms with Gasteiger partial charge in [0.15, 0.2) is 0 Å². The molecule has 29 heavy (non-hydrogen) atoms. The van der Waals surface area contributed by atoms with E-state index in [0.717, 1.165) is 40.7 Å². The summed E-state index contributed by atoms with van der Waals surface area (Å²) in [6.45, 7) is 1.11. The molecule has 2 N–H and O–H groups in total. The van der Waals surface area contributed by atoms with Crippen molar-refractivity contribution in [3.63, 3.8) is 0 Å². The maximum atomic E-state index is 13.2. The molecule has 5 rings (SSSR count). The molecule has 148 valence electrons. The second-order valence-electron chi connectivity index (χ2n) is 7.93. The number of amides is 2. The Kier molecular flexibility index (Phi) is 4.13. The van der Waals surface area contributed by atoms with Crippen molar-refractivity contribution in [1.29, 1.82) is 0 Å². The van der Waals surface area contributed by atoms with Crippen LogP contribution < -0.4 is 10.6 Å². The number of primary amides is 1. The zero-order valence-corrected chi connectivity index (χ0v) is 16.7. The van der Waals surface area contributed by atoms with Gasteiger partial charge in [-0.1, -0.05) is 11.6 Å². The molecule has 1 aromatic carbocycles. The molecule has 2 aromatic heterocycles. The van der Waals surface area contributed by atoms with Crippen molar-refractivity contribution < 1.29 is 9.59 Å². The van der Waals surface area contributed by atoms with Crippen molar-refractivity contribution in [2.24, 2.45) is 5.73 Å². The number of aromatic nitrogens is 2. The molecule has 7 heteroatoms. The Hall–Kier alpha value is -2.86. The first kappa shape index (κ1) is 18.2. The SMILES string of the molecule is NC(=O)CCCn1c(CN2C(=O)C3(CC3)c3ccncc32)cc2cc(Cl)ccc21. The third-order valence-corrected chi connectivity index (χ3v) is 6.32. The normalized spacial score (nSPS) is 16.6. The number of nitrogens with two attached hydrogens (primary N) is 1. The van der Waals surface area contributed by atoms with Gasteiger partial charge < -0.3 is 15.2 Å². The molecule has 1 fully saturated rings. The summed E-state index contributed by atoms with van der Waals surface area (Å²) >= 11 is 6.19. The number of pyridine rings is 1. The Morgan fingerprint density at radius 3 is 2.83 bits per heavy atom.